The van der Waals surface area contributed by atoms with Gasteiger partial charge in [0.05, 0.1) is 11.3 Å². The molecular weight excluding hydrogens is 325 g/mol. The summed E-state index contributed by atoms with van der Waals surface area (Å²) < 4.78 is 37.3. The van der Waals surface area contributed by atoms with Crippen LogP contribution in [-0.2, 0) is 15.8 Å². The first-order valence-corrected chi connectivity index (χ1v) is 6.76. The van der Waals surface area contributed by atoms with Gasteiger partial charge in [-0.1, -0.05) is 6.07 Å². The summed E-state index contributed by atoms with van der Waals surface area (Å²) in [5.74, 6) is -2.34. The second-order valence-corrected chi connectivity index (χ2v) is 5.00. The summed E-state index contributed by atoms with van der Waals surface area (Å²) in [6.07, 6.45) is -4.48. The van der Waals surface area contributed by atoms with Crippen LogP contribution in [0.5, 0.6) is 5.75 Å². The fourth-order valence-electron chi connectivity index (χ4n) is 1.86. The highest BCUT2D eigenvalue weighted by molar-refractivity contribution is 6.43. The average molecular weight is 338 g/mol. The molecule has 0 fully saturated rings. The van der Waals surface area contributed by atoms with Crippen molar-refractivity contribution in [1.29, 1.82) is 0 Å². The number of benzene rings is 2. The minimum atomic E-state index is -4.48. The van der Waals surface area contributed by atoms with E-state index in [-0.39, 0.29) is 17.1 Å². The second-order valence-electron chi connectivity index (χ2n) is 5.00. The zero-order valence-electron chi connectivity index (χ0n) is 12.4. The van der Waals surface area contributed by atoms with Gasteiger partial charge in [-0.3, -0.25) is 9.59 Å². The molecule has 5 nitrogen and oxygen atoms in total. The normalized spacial score (nSPS) is 11.0. The van der Waals surface area contributed by atoms with Crippen LogP contribution in [0.15, 0.2) is 42.5 Å². The van der Waals surface area contributed by atoms with Gasteiger partial charge in [0, 0.05) is 5.69 Å². The number of amides is 2. The summed E-state index contributed by atoms with van der Waals surface area (Å²) in [6.45, 7) is 1.74. The maximum Gasteiger partial charge on any atom is 0.416 e. The van der Waals surface area contributed by atoms with Gasteiger partial charge in [-0.25, -0.2) is 0 Å². The van der Waals surface area contributed by atoms with Gasteiger partial charge in [-0.15, -0.1) is 0 Å². The Hall–Kier alpha value is -3.03. The molecule has 0 saturated carbocycles. The molecule has 0 atom stereocenters. The Morgan fingerprint density at radius 1 is 0.958 bits per heavy atom. The smallest absolute Gasteiger partial charge is 0.416 e. The Kier molecular flexibility index (Phi) is 4.77. The maximum atomic E-state index is 12.4. The third-order valence-electron chi connectivity index (χ3n) is 3.08. The Morgan fingerprint density at radius 2 is 1.54 bits per heavy atom. The van der Waals surface area contributed by atoms with E-state index in [0.717, 1.165) is 29.8 Å². The van der Waals surface area contributed by atoms with Crippen molar-refractivity contribution in [3.8, 4) is 5.75 Å². The SMILES string of the molecule is Cc1ccc(NC(=O)C(=O)Nc2ccc(C(F)(F)F)cc2)c(O)c1. The second kappa shape index (κ2) is 6.61. The number of halogens is 3. The first kappa shape index (κ1) is 17.3. The predicted molar refractivity (Wildman–Crippen MR) is 81.5 cm³/mol. The number of aryl methyl sites for hydroxylation is 1. The van der Waals surface area contributed by atoms with Gasteiger partial charge in [-0.05, 0) is 48.9 Å². The molecule has 0 heterocycles. The fourth-order valence-corrected chi connectivity index (χ4v) is 1.86. The predicted octanol–water partition coefficient (Wildman–Crippen LogP) is 3.30. The van der Waals surface area contributed by atoms with E-state index in [1.54, 1.807) is 13.0 Å². The van der Waals surface area contributed by atoms with E-state index in [4.69, 9.17) is 0 Å². The molecular formula is C16H13F3N2O3. The molecule has 0 spiro atoms. The molecule has 0 radical (unpaired) electrons. The summed E-state index contributed by atoms with van der Waals surface area (Å²) in [5, 5.41) is 14.0. The number of hydrogen-bond acceptors (Lipinski definition) is 3. The highest BCUT2D eigenvalue weighted by atomic mass is 19.4. The lowest BCUT2D eigenvalue weighted by molar-refractivity contribution is -0.137. The highest BCUT2D eigenvalue weighted by Crippen LogP contribution is 2.29. The lowest BCUT2D eigenvalue weighted by atomic mass is 10.2. The Labute approximate surface area is 135 Å². The fraction of sp³-hybridized carbons (Fsp3) is 0.125. The number of nitrogens with one attached hydrogen (secondary N) is 2. The van der Waals surface area contributed by atoms with Crippen LogP contribution in [0.2, 0.25) is 0 Å². The van der Waals surface area contributed by atoms with Crippen LogP contribution < -0.4 is 10.6 Å². The van der Waals surface area contributed by atoms with Crippen molar-refractivity contribution in [2.45, 2.75) is 13.1 Å². The summed E-state index contributed by atoms with van der Waals surface area (Å²) in [7, 11) is 0. The van der Waals surface area contributed by atoms with Gasteiger partial charge < -0.3 is 15.7 Å². The summed E-state index contributed by atoms with van der Waals surface area (Å²) in [4.78, 5) is 23.5. The number of rotatable bonds is 2. The van der Waals surface area contributed by atoms with Gasteiger partial charge in [0.15, 0.2) is 0 Å². The van der Waals surface area contributed by atoms with Crippen LogP contribution in [0, 0.1) is 6.92 Å². The van der Waals surface area contributed by atoms with Crippen molar-refractivity contribution in [3.63, 3.8) is 0 Å². The summed E-state index contributed by atoms with van der Waals surface area (Å²) >= 11 is 0. The minimum Gasteiger partial charge on any atom is -0.506 e. The van der Waals surface area contributed by atoms with Gasteiger partial charge in [0.25, 0.3) is 0 Å². The number of carbonyl (C=O) groups is 2. The summed E-state index contributed by atoms with van der Waals surface area (Å²) in [5.41, 5.74) is -0.0151. The van der Waals surface area contributed by atoms with E-state index in [1.165, 1.54) is 12.1 Å². The standard InChI is InChI=1S/C16H13F3N2O3/c1-9-2-7-12(13(22)8-9)21-15(24)14(23)20-11-5-3-10(4-6-11)16(17,18)19/h2-8,22H,1H3,(H,20,23)(H,21,24). The van der Waals surface area contributed by atoms with Gasteiger partial charge in [-0.2, -0.15) is 13.2 Å². The molecule has 8 heteroatoms. The van der Waals surface area contributed by atoms with Crippen molar-refractivity contribution in [1.82, 2.24) is 0 Å². The van der Waals surface area contributed by atoms with Crippen LogP contribution in [-0.4, -0.2) is 16.9 Å². The van der Waals surface area contributed by atoms with E-state index in [9.17, 15) is 27.9 Å². The van der Waals surface area contributed by atoms with Crippen molar-refractivity contribution < 1.29 is 27.9 Å². The minimum absolute atomic E-state index is 0.0382. The van der Waals surface area contributed by atoms with Crippen molar-refractivity contribution in [2.75, 3.05) is 10.6 Å². The number of phenols is 1. The molecule has 0 aliphatic carbocycles. The van der Waals surface area contributed by atoms with E-state index in [2.05, 4.69) is 10.6 Å². The highest BCUT2D eigenvalue weighted by Gasteiger charge is 2.30. The number of alkyl halides is 3. The molecule has 126 valence electrons. The van der Waals surface area contributed by atoms with Gasteiger partial charge in [0.1, 0.15) is 5.75 Å². The number of aromatic hydroxyl groups is 1. The molecule has 2 aromatic carbocycles. The van der Waals surface area contributed by atoms with Crippen molar-refractivity contribution >= 4 is 23.2 Å². The molecule has 3 N–H and O–H groups in total. The number of anilines is 2. The van der Waals surface area contributed by atoms with E-state index in [1.807, 2.05) is 0 Å². The molecule has 0 unspecified atom stereocenters. The molecule has 2 rings (SSSR count). The number of hydrogen-bond donors (Lipinski definition) is 3. The molecule has 0 saturated heterocycles. The largest absolute Gasteiger partial charge is 0.506 e. The number of phenolic OH excluding ortho intramolecular Hbond substituents is 1. The van der Waals surface area contributed by atoms with Gasteiger partial charge in [0.2, 0.25) is 0 Å². The third-order valence-corrected chi connectivity index (χ3v) is 3.08. The van der Waals surface area contributed by atoms with Gasteiger partial charge >= 0.3 is 18.0 Å². The zero-order valence-corrected chi connectivity index (χ0v) is 12.4. The van der Waals surface area contributed by atoms with E-state index < -0.39 is 23.6 Å². The van der Waals surface area contributed by atoms with Crippen LogP contribution in [0.4, 0.5) is 24.5 Å². The molecule has 24 heavy (non-hydrogen) atoms. The molecule has 0 aromatic heterocycles. The average Bonchev–Trinajstić information content (AvgIpc) is 2.49. The Balaban J connectivity index is 2.02. The topological polar surface area (TPSA) is 78.4 Å². The third kappa shape index (κ3) is 4.25. The van der Waals surface area contributed by atoms with E-state index >= 15 is 0 Å². The first-order chi connectivity index (χ1) is 11.2. The lowest BCUT2D eigenvalue weighted by Crippen LogP contribution is -2.29. The first-order valence-electron chi connectivity index (χ1n) is 6.76. The molecule has 0 bridgehead atoms. The van der Waals surface area contributed by atoms with E-state index in [0.29, 0.717) is 0 Å². The van der Waals surface area contributed by atoms with Crippen molar-refractivity contribution in [2.24, 2.45) is 0 Å². The van der Waals surface area contributed by atoms with Crippen molar-refractivity contribution in [3.05, 3.63) is 53.6 Å². The maximum absolute atomic E-state index is 12.4. The Morgan fingerprint density at radius 3 is 2.08 bits per heavy atom. The molecule has 2 aromatic rings. The summed E-state index contributed by atoms with van der Waals surface area (Å²) in [6, 6.07) is 8.12. The van der Waals surface area contributed by atoms with Crippen LogP contribution in [0.1, 0.15) is 11.1 Å². The lowest BCUT2D eigenvalue weighted by Gasteiger charge is -2.10. The van der Waals surface area contributed by atoms with Crippen LogP contribution in [0.25, 0.3) is 0 Å². The Bertz CT molecular complexity index is 771. The molecule has 0 aliphatic rings. The quantitative estimate of drug-likeness (QED) is 0.581. The van der Waals surface area contributed by atoms with Crippen LogP contribution in [0.3, 0.4) is 0 Å². The number of carbonyl (C=O) groups excluding carboxylic acids is 2. The molecule has 2 amide bonds. The molecule has 0 aliphatic heterocycles. The zero-order chi connectivity index (χ0) is 17.9. The van der Waals surface area contributed by atoms with Crippen LogP contribution >= 0.6 is 0 Å². The monoisotopic (exact) mass is 338 g/mol.